The zero-order valence-corrected chi connectivity index (χ0v) is 49.8. The van der Waals surface area contributed by atoms with E-state index < -0.39 is 20.0 Å². The van der Waals surface area contributed by atoms with Gasteiger partial charge in [0.15, 0.2) is 21.4 Å². The molecule has 4 atom stereocenters. The molecule has 3 saturated heterocycles. The minimum absolute atomic E-state index is 0.00361. The number of nitrogens with zero attached hydrogens (tertiary/aromatic N) is 11. The highest BCUT2D eigenvalue weighted by atomic mass is 32.2. The number of benzene rings is 2. The van der Waals surface area contributed by atoms with Gasteiger partial charge in [-0.15, -0.1) is 0 Å². The molecule has 0 radical (unpaired) electrons. The number of pyridine rings is 1. The highest BCUT2D eigenvalue weighted by Crippen LogP contribution is 2.41. The van der Waals surface area contributed by atoms with Gasteiger partial charge in [0.25, 0.3) is 5.56 Å². The van der Waals surface area contributed by atoms with Crippen LogP contribution in [0.4, 0.5) is 27.7 Å². The summed E-state index contributed by atoms with van der Waals surface area (Å²) in [4.78, 5) is 57.7. The number of aromatic amines is 1. The lowest BCUT2D eigenvalue weighted by atomic mass is 9.90. The number of sulfone groups is 1. The Bertz CT molecular complexity index is 3440. The zero-order valence-electron chi connectivity index (χ0n) is 49.0. The first-order valence-electron chi connectivity index (χ1n) is 28.5. The van der Waals surface area contributed by atoms with E-state index in [0.29, 0.717) is 92.1 Å². The molecule has 0 aliphatic carbocycles. The third kappa shape index (κ3) is 12.6. The Morgan fingerprint density at radius 3 is 2.40 bits per heavy atom. The molecule has 23 heteroatoms. The topological polar surface area (TPSA) is 221 Å². The predicted molar refractivity (Wildman–Crippen MR) is 314 cm³/mol. The van der Waals surface area contributed by atoms with E-state index in [4.69, 9.17) is 14.2 Å². The fourth-order valence-corrected chi connectivity index (χ4v) is 12.9. The average molecular weight is 1150 g/mol. The van der Waals surface area contributed by atoms with Gasteiger partial charge in [-0.25, -0.2) is 32.7 Å². The lowest BCUT2D eigenvalue weighted by Crippen LogP contribution is -2.63. The molecule has 82 heavy (non-hydrogen) atoms. The number of nitrogens with one attached hydrogen (secondary N) is 3. The number of H-pyrrole nitrogens is 1. The van der Waals surface area contributed by atoms with E-state index in [0.717, 1.165) is 74.0 Å². The number of piperazine rings is 2. The number of ether oxygens (including phenoxy) is 3. The van der Waals surface area contributed by atoms with Gasteiger partial charge >= 0.3 is 0 Å². The number of hydrogen-bond acceptors (Lipinski definition) is 18. The second-order valence-electron chi connectivity index (χ2n) is 24.2. The molecule has 21 nitrogen and oxygen atoms in total. The van der Waals surface area contributed by atoms with Crippen LogP contribution in [0.1, 0.15) is 83.0 Å². The summed E-state index contributed by atoms with van der Waals surface area (Å²) in [6.45, 7) is 26.0. The number of halogens is 1. The van der Waals surface area contributed by atoms with Gasteiger partial charge in [0.05, 0.1) is 53.8 Å². The molecule has 6 aromatic rings. The summed E-state index contributed by atoms with van der Waals surface area (Å²) in [5.41, 5.74) is 4.85. The van der Waals surface area contributed by atoms with Crippen molar-refractivity contribution in [2.45, 2.75) is 114 Å². The van der Waals surface area contributed by atoms with Crippen LogP contribution in [-0.2, 0) is 38.3 Å². The molecule has 2 aromatic carbocycles. The third-order valence-corrected chi connectivity index (χ3v) is 19.1. The molecule has 0 spiro atoms. The van der Waals surface area contributed by atoms with Crippen LogP contribution >= 0.6 is 0 Å². The van der Waals surface area contributed by atoms with Gasteiger partial charge in [-0.05, 0) is 84.7 Å². The molecule has 10 rings (SSSR count). The molecule has 4 aliphatic rings. The first kappa shape index (κ1) is 58.6. The number of carbonyl (C=O) groups is 1. The molecule has 3 fully saturated rings. The number of hydrogen-bond donors (Lipinski definition) is 3. The van der Waals surface area contributed by atoms with Gasteiger partial charge in [0.1, 0.15) is 41.3 Å². The summed E-state index contributed by atoms with van der Waals surface area (Å²) in [5.74, 6) is 2.18. The summed E-state index contributed by atoms with van der Waals surface area (Å²) in [7, 11) is -2.04. The standard InChI is InChI=1S/C59H79FN14O7S/c1-37-29-73(32-52(75)74-35-59(8,9)53-49(74)23-42(56(76)69(53)10)22-41-12-14-43(60)15-13-41)44(26-61-37)30-72-31-46(80-33-38(72)2)34-81-45-27-62-57(63-28-45)71-19-17-70(18-20-71)16-11-21-79-50-25-48-47(24-51(50)82(77,78)58(5,6)7)55(65-36-64-48)66-54-39(3)40(4)67-68-54/h12-15,23-25,27-28,36-38,44,46,61H,11,16-22,26,29-35H2,1-10H3,(H2,64,65,66,67,68)/t37-,38-,44-,46-/m1/s1. The van der Waals surface area contributed by atoms with E-state index in [1.54, 1.807) is 69.0 Å². The van der Waals surface area contributed by atoms with Crippen molar-refractivity contribution in [3.63, 3.8) is 0 Å². The van der Waals surface area contributed by atoms with Crippen molar-refractivity contribution in [3.8, 4) is 11.5 Å². The van der Waals surface area contributed by atoms with E-state index >= 15 is 0 Å². The van der Waals surface area contributed by atoms with E-state index in [1.165, 1.54) is 18.5 Å². The van der Waals surface area contributed by atoms with Crippen LogP contribution in [-0.4, -0.2) is 185 Å². The third-order valence-electron chi connectivity index (χ3n) is 16.6. The number of amides is 1. The Labute approximate surface area is 479 Å². The van der Waals surface area contributed by atoms with E-state index in [2.05, 4.69) is 88.1 Å². The first-order valence-corrected chi connectivity index (χ1v) is 30.0. The van der Waals surface area contributed by atoms with E-state index in [9.17, 15) is 22.4 Å². The highest BCUT2D eigenvalue weighted by Gasteiger charge is 2.43. The monoisotopic (exact) mass is 1150 g/mol. The number of anilines is 4. The fraction of sp³-hybridized carbons (Fsp3) is 0.542. The minimum atomic E-state index is -3.82. The molecule has 1 amide bonds. The maximum Gasteiger partial charge on any atom is 0.254 e. The number of aryl methyl sites for hydroxylation is 1. The molecule has 0 unspecified atom stereocenters. The smallest absolute Gasteiger partial charge is 0.254 e. The second kappa shape index (κ2) is 23.9. The van der Waals surface area contributed by atoms with Crippen molar-refractivity contribution in [1.82, 2.24) is 54.7 Å². The van der Waals surface area contributed by atoms with Crippen LogP contribution < -0.4 is 35.5 Å². The van der Waals surface area contributed by atoms with Gasteiger partial charge in [0.2, 0.25) is 11.9 Å². The quantitative estimate of drug-likeness (QED) is 0.0898. The maximum absolute atomic E-state index is 14.5. The second-order valence-corrected chi connectivity index (χ2v) is 26.9. The van der Waals surface area contributed by atoms with E-state index in [-0.39, 0.29) is 58.7 Å². The molecule has 3 N–H and O–H groups in total. The molecule has 4 aliphatic heterocycles. The van der Waals surface area contributed by atoms with Gasteiger partial charge in [-0.3, -0.25) is 29.4 Å². The highest BCUT2D eigenvalue weighted by molar-refractivity contribution is 7.92. The Kier molecular flexibility index (Phi) is 17.1. The zero-order chi connectivity index (χ0) is 58.3. The summed E-state index contributed by atoms with van der Waals surface area (Å²) in [6.07, 6.45) is 5.72. The molecule has 440 valence electrons. The molecule has 8 heterocycles. The van der Waals surface area contributed by atoms with Crippen molar-refractivity contribution >= 4 is 49.9 Å². The average Bonchev–Trinajstić information content (AvgIpc) is 4.13. The van der Waals surface area contributed by atoms with Gasteiger partial charge in [-0.1, -0.05) is 26.0 Å². The predicted octanol–water partition coefficient (Wildman–Crippen LogP) is 5.55. The van der Waals surface area contributed by atoms with Crippen molar-refractivity contribution in [2.75, 3.05) is 107 Å². The molecular weight excluding hydrogens is 1070 g/mol. The molecule has 0 bridgehead atoms. The summed E-state index contributed by atoms with van der Waals surface area (Å²) in [6, 6.07) is 11.8. The summed E-state index contributed by atoms with van der Waals surface area (Å²) >= 11 is 0. The lowest BCUT2D eigenvalue weighted by Gasteiger charge is -2.45. The van der Waals surface area contributed by atoms with Crippen molar-refractivity contribution in [2.24, 2.45) is 7.05 Å². The van der Waals surface area contributed by atoms with Crippen LogP contribution in [0, 0.1) is 19.7 Å². The molecule has 0 saturated carbocycles. The summed E-state index contributed by atoms with van der Waals surface area (Å²) < 4.78 is 61.2. The Morgan fingerprint density at radius 1 is 0.951 bits per heavy atom. The lowest BCUT2D eigenvalue weighted by molar-refractivity contribution is -0.121. The van der Waals surface area contributed by atoms with Crippen LogP contribution in [0.5, 0.6) is 11.5 Å². The maximum atomic E-state index is 14.5. The van der Waals surface area contributed by atoms with Crippen molar-refractivity contribution in [1.29, 1.82) is 0 Å². The Balaban J connectivity index is 0.695. The first-order chi connectivity index (χ1) is 39.0. The largest absolute Gasteiger partial charge is 0.492 e. The minimum Gasteiger partial charge on any atom is -0.492 e. The van der Waals surface area contributed by atoms with Crippen molar-refractivity contribution in [3.05, 3.63) is 105 Å². The van der Waals surface area contributed by atoms with Gasteiger partial charge in [-0.2, -0.15) is 5.10 Å². The Morgan fingerprint density at radius 2 is 1.70 bits per heavy atom. The number of morpholine rings is 1. The number of fused-ring (bicyclic) bond motifs is 2. The Hall–Kier alpha value is -6.63. The fourth-order valence-electron chi connectivity index (χ4n) is 11.6. The number of rotatable bonds is 18. The number of aromatic nitrogens is 7. The van der Waals surface area contributed by atoms with Crippen LogP contribution in [0.3, 0.4) is 0 Å². The van der Waals surface area contributed by atoms with Gasteiger partial charge in [0, 0.05) is 131 Å². The van der Waals surface area contributed by atoms with Crippen LogP contribution in [0.2, 0.25) is 0 Å². The molecule has 4 aromatic heterocycles. The van der Waals surface area contributed by atoms with Crippen molar-refractivity contribution < 1.29 is 31.8 Å². The normalized spacial score (nSPS) is 21.0. The molecular formula is C59H79FN14O7S. The van der Waals surface area contributed by atoms with Crippen LogP contribution in [0.15, 0.2) is 70.9 Å². The van der Waals surface area contributed by atoms with Crippen LogP contribution in [0.25, 0.3) is 10.9 Å². The SMILES string of the molecule is Cc1[nH]nc(Nc2ncnc3cc(OCCCN4CCN(c5ncc(OC[C@H]6CN(C[C@H]7CN[C@H](C)CN7CC(=O)N7CC(C)(C)c8c7cc(Cc7ccc(F)cc7)c(=O)n8C)[C@H](C)CO6)cn5)CC4)c(S(=O)(=O)C(C)(C)C)cc23)c1C. The summed E-state index contributed by atoms with van der Waals surface area (Å²) in [5, 5.41) is 14.8. The van der Waals surface area contributed by atoms with Gasteiger partial charge < -0.3 is 39.2 Å². The number of carbonyl (C=O) groups excluding carboxylic acids is 1. The van der Waals surface area contributed by atoms with E-state index in [1.807, 2.05) is 24.8 Å².